The molecule has 0 aliphatic rings. The Morgan fingerprint density at radius 3 is 2.59 bits per heavy atom. The van der Waals surface area contributed by atoms with Crippen molar-refractivity contribution < 1.29 is 19.1 Å². The van der Waals surface area contributed by atoms with E-state index >= 15 is 4.39 Å². The van der Waals surface area contributed by atoms with E-state index < -0.39 is 29.0 Å². The maximum atomic E-state index is 15.2. The van der Waals surface area contributed by atoms with Crippen LogP contribution in [0.1, 0.15) is 54.7 Å². The molecular formula is C20H22ClFN2O3. The second-order valence-corrected chi connectivity index (χ2v) is 7.33. The number of nitrogens with zero attached hydrogens (tertiary/aromatic N) is 1. The van der Waals surface area contributed by atoms with Crippen LogP contribution in [0.25, 0.3) is 0 Å². The molecule has 0 spiro atoms. The average molecular weight is 393 g/mol. The van der Waals surface area contributed by atoms with Crippen LogP contribution in [0.2, 0.25) is 5.02 Å². The van der Waals surface area contributed by atoms with Gasteiger partial charge in [0.2, 0.25) is 0 Å². The quantitative estimate of drug-likeness (QED) is 0.656. The highest BCUT2D eigenvalue weighted by Gasteiger charge is 2.29. The summed E-state index contributed by atoms with van der Waals surface area (Å²) in [7, 11) is 0. The number of aromatic nitrogens is 1. The van der Waals surface area contributed by atoms with Crippen LogP contribution < -0.4 is 5.32 Å². The van der Waals surface area contributed by atoms with Gasteiger partial charge in [-0.1, -0.05) is 24.6 Å². The minimum absolute atomic E-state index is 0.0193. The van der Waals surface area contributed by atoms with Gasteiger partial charge in [-0.3, -0.25) is 14.6 Å². The normalized spacial score (nSPS) is 12.6. The molecule has 0 amide bonds. The average Bonchev–Trinajstić information content (AvgIpc) is 2.64. The molecule has 0 fully saturated rings. The number of carbonyl (C=O) groups is 2. The molecule has 2 aromatic rings. The summed E-state index contributed by atoms with van der Waals surface area (Å²) in [6, 6.07) is 5.68. The molecule has 0 aliphatic heterocycles. The number of carboxylic acid groups (broad SMARTS) is 1. The van der Waals surface area contributed by atoms with E-state index in [1.165, 1.54) is 24.5 Å². The number of carbonyl (C=O) groups excluding carboxylic acids is 1. The van der Waals surface area contributed by atoms with Gasteiger partial charge in [0.15, 0.2) is 5.78 Å². The van der Waals surface area contributed by atoms with Gasteiger partial charge in [0.05, 0.1) is 16.0 Å². The number of nitrogens with one attached hydrogen (secondary N) is 1. The Labute approximate surface area is 162 Å². The highest BCUT2D eigenvalue weighted by atomic mass is 35.5. The minimum atomic E-state index is -1.01. The van der Waals surface area contributed by atoms with Crippen molar-refractivity contribution in [3.05, 3.63) is 64.2 Å². The zero-order chi connectivity index (χ0) is 20.2. The third-order valence-corrected chi connectivity index (χ3v) is 4.74. The molecule has 1 aromatic carbocycles. The molecule has 2 rings (SSSR count). The SMILES string of the molecule is CC[C@@H](NCC(C)(C)C(=O)O)c1ccc(Cl)c(C(=O)c2cccnc2)c1F. The number of hydrogen-bond donors (Lipinski definition) is 2. The molecule has 1 heterocycles. The summed E-state index contributed by atoms with van der Waals surface area (Å²) in [5, 5.41) is 12.4. The van der Waals surface area contributed by atoms with Gasteiger partial charge in [-0.25, -0.2) is 4.39 Å². The number of ketones is 1. The lowest BCUT2D eigenvalue weighted by Crippen LogP contribution is -2.38. The first-order chi connectivity index (χ1) is 12.7. The molecule has 0 saturated carbocycles. The van der Waals surface area contributed by atoms with Crippen molar-refractivity contribution in [3.8, 4) is 0 Å². The lowest BCUT2D eigenvalue weighted by molar-refractivity contribution is -0.146. The Kier molecular flexibility index (Phi) is 6.68. The fraction of sp³-hybridized carbons (Fsp3) is 0.350. The van der Waals surface area contributed by atoms with Crippen molar-refractivity contribution in [2.45, 2.75) is 33.2 Å². The summed E-state index contributed by atoms with van der Waals surface area (Å²) in [6.07, 6.45) is 3.39. The molecule has 0 aliphatic carbocycles. The van der Waals surface area contributed by atoms with Crippen LogP contribution in [0.15, 0.2) is 36.7 Å². The molecule has 27 heavy (non-hydrogen) atoms. The van der Waals surface area contributed by atoms with E-state index in [1.54, 1.807) is 26.0 Å². The maximum absolute atomic E-state index is 15.2. The molecule has 0 unspecified atom stereocenters. The summed E-state index contributed by atoms with van der Waals surface area (Å²) in [5.41, 5.74) is -0.705. The number of rotatable bonds is 8. The van der Waals surface area contributed by atoms with Crippen LogP contribution in [-0.2, 0) is 4.79 Å². The van der Waals surface area contributed by atoms with Gasteiger partial charge in [-0.05, 0) is 38.5 Å². The van der Waals surface area contributed by atoms with E-state index in [-0.39, 0.29) is 28.3 Å². The van der Waals surface area contributed by atoms with Gasteiger partial charge in [-0.15, -0.1) is 0 Å². The van der Waals surface area contributed by atoms with Crippen LogP contribution in [0.3, 0.4) is 0 Å². The summed E-state index contributed by atoms with van der Waals surface area (Å²) >= 11 is 6.11. The van der Waals surface area contributed by atoms with E-state index in [0.717, 1.165) is 0 Å². The van der Waals surface area contributed by atoms with Crippen molar-refractivity contribution >= 4 is 23.4 Å². The fourth-order valence-corrected chi connectivity index (χ4v) is 2.85. The zero-order valence-electron chi connectivity index (χ0n) is 15.4. The Morgan fingerprint density at radius 1 is 1.33 bits per heavy atom. The smallest absolute Gasteiger partial charge is 0.310 e. The maximum Gasteiger partial charge on any atom is 0.310 e. The number of carboxylic acids is 1. The standard InChI is InChI=1S/C20H22ClFN2O3/c1-4-15(24-11-20(2,3)19(26)27)13-7-8-14(21)16(17(13)22)18(25)12-6-5-9-23-10-12/h5-10,15,24H,4,11H2,1-3H3,(H,26,27)/t15-/m1/s1. The molecule has 7 heteroatoms. The molecule has 1 aromatic heterocycles. The highest BCUT2D eigenvalue weighted by molar-refractivity contribution is 6.35. The zero-order valence-corrected chi connectivity index (χ0v) is 16.2. The van der Waals surface area contributed by atoms with Gasteiger partial charge in [0.1, 0.15) is 5.82 Å². The molecule has 0 saturated heterocycles. The van der Waals surface area contributed by atoms with Crippen LogP contribution in [0.4, 0.5) is 4.39 Å². The van der Waals surface area contributed by atoms with Crippen molar-refractivity contribution in [2.75, 3.05) is 6.54 Å². The first kappa shape index (κ1) is 21.0. The van der Waals surface area contributed by atoms with Crippen LogP contribution in [0, 0.1) is 11.2 Å². The Balaban J connectivity index is 2.37. The second kappa shape index (κ2) is 8.59. The van der Waals surface area contributed by atoms with E-state index in [4.69, 9.17) is 11.6 Å². The first-order valence-electron chi connectivity index (χ1n) is 8.58. The lowest BCUT2D eigenvalue weighted by Gasteiger charge is -2.25. The molecule has 144 valence electrons. The summed E-state index contributed by atoms with van der Waals surface area (Å²) < 4.78 is 15.2. The molecule has 2 N–H and O–H groups in total. The van der Waals surface area contributed by atoms with Gasteiger partial charge >= 0.3 is 5.97 Å². The fourth-order valence-electron chi connectivity index (χ4n) is 2.62. The first-order valence-corrected chi connectivity index (χ1v) is 8.96. The Bertz CT molecular complexity index is 841. The van der Waals surface area contributed by atoms with Crippen LogP contribution in [0.5, 0.6) is 0 Å². The predicted molar refractivity (Wildman–Crippen MR) is 102 cm³/mol. The largest absolute Gasteiger partial charge is 0.481 e. The number of hydrogen-bond acceptors (Lipinski definition) is 4. The number of aliphatic carboxylic acids is 1. The molecule has 5 nitrogen and oxygen atoms in total. The van der Waals surface area contributed by atoms with Gasteiger partial charge in [0.25, 0.3) is 0 Å². The number of halogens is 2. The van der Waals surface area contributed by atoms with Crippen LogP contribution >= 0.6 is 11.6 Å². The Hall–Kier alpha value is -2.31. The van der Waals surface area contributed by atoms with E-state index in [9.17, 15) is 14.7 Å². The lowest BCUT2D eigenvalue weighted by atomic mass is 9.92. The highest BCUT2D eigenvalue weighted by Crippen LogP contribution is 2.30. The predicted octanol–water partition coefficient (Wildman–Crippen LogP) is 4.26. The third-order valence-electron chi connectivity index (χ3n) is 4.42. The molecular weight excluding hydrogens is 371 g/mol. The van der Waals surface area contributed by atoms with Crippen molar-refractivity contribution in [1.29, 1.82) is 0 Å². The van der Waals surface area contributed by atoms with Gasteiger partial charge < -0.3 is 10.4 Å². The monoisotopic (exact) mass is 392 g/mol. The van der Waals surface area contributed by atoms with Crippen molar-refractivity contribution in [1.82, 2.24) is 10.3 Å². The summed E-state index contributed by atoms with van der Waals surface area (Å²) in [5.74, 6) is -2.20. The number of pyridine rings is 1. The van der Waals surface area contributed by atoms with Crippen molar-refractivity contribution in [3.63, 3.8) is 0 Å². The third kappa shape index (κ3) is 4.70. The van der Waals surface area contributed by atoms with E-state index in [2.05, 4.69) is 10.3 Å². The topological polar surface area (TPSA) is 79.3 Å². The van der Waals surface area contributed by atoms with E-state index in [0.29, 0.717) is 6.42 Å². The number of benzene rings is 1. The molecule has 0 radical (unpaired) electrons. The van der Waals surface area contributed by atoms with E-state index in [1.807, 2.05) is 6.92 Å². The molecule has 1 atom stereocenters. The Morgan fingerprint density at radius 2 is 2.04 bits per heavy atom. The second-order valence-electron chi connectivity index (χ2n) is 6.93. The summed E-state index contributed by atoms with van der Waals surface area (Å²) in [4.78, 5) is 27.9. The van der Waals surface area contributed by atoms with Gasteiger partial charge in [-0.2, -0.15) is 0 Å². The summed E-state index contributed by atoms with van der Waals surface area (Å²) in [6.45, 7) is 5.17. The van der Waals surface area contributed by atoms with Crippen molar-refractivity contribution in [2.24, 2.45) is 5.41 Å². The minimum Gasteiger partial charge on any atom is -0.481 e. The van der Waals surface area contributed by atoms with Crippen LogP contribution in [-0.4, -0.2) is 28.4 Å². The molecule has 0 bridgehead atoms. The van der Waals surface area contributed by atoms with Gasteiger partial charge in [0, 0.05) is 36.1 Å².